The molecular formula is C14H11N3O2. The van der Waals surface area contributed by atoms with Crippen molar-refractivity contribution in [3.05, 3.63) is 28.8 Å². The smallest absolute Gasteiger partial charge is 0.148 e. The van der Waals surface area contributed by atoms with Crippen LogP contribution >= 0.6 is 0 Å². The summed E-state index contributed by atoms with van der Waals surface area (Å²) < 4.78 is 10.3. The molecule has 0 saturated carbocycles. The first-order valence-electron chi connectivity index (χ1n) is 5.30. The summed E-state index contributed by atoms with van der Waals surface area (Å²) in [6, 6.07) is 8.57. The van der Waals surface area contributed by atoms with Crippen molar-refractivity contribution in [3.8, 4) is 29.7 Å². The number of allylic oxidation sites excluding steroid dienone is 2. The van der Waals surface area contributed by atoms with E-state index < -0.39 is 0 Å². The van der Waals surface area contributed by atoms with Crippen LogP contribution in [0.15, 0.2) is 17.7 Å². The van der Waals surface area contributed by atoms with E-state index in [-0.39, 0.29) is 11.1 Å². The van der Waals surface area contributed by atoms with E-state index in [4.69, 9.17) is 25.3 Å². The van der Waals surface area contributed by atoms with Crippen LogP contribution in [0.2, 0.25) is 0 Å². The minimum absolute atomic E-state index is 0.00685. The predicted molar refractivity (Wildman–Crippen MR) is 68.0 cm³/mol. The number of hydrogen-bond donors (Lipinski definition) is 0. The van der Waals surface area contributed by atoms with Gasteiger partial charge in [-0.25, -0.2) is 0 Å². The summed E-state index contributed by atoms with van der Waals surface area (Å²) in [6.07, 6.45) is 0. The van der Waals surface area contributed by atoms with Gasteiger partial charge in [0.05, 0.1) is 19.8 Å². The molecule has 0 aliphatic rings. The molecule has 0 aliphatic carbocycles. The van der Waals surface area contributed by atoms with Gasteiger partial charge in [0, 0.05) is 11.6 Å². The number of benzene rings is 1. The normalized spacial score (nSPS) is 8.63. The largest absolute Gasteiger partial charge is 0.496 e. The zero-order valence-corrected chi connectivity index (χ0v) is 10.8. The van der Waals surface area contributed by atoms with Crippen LogP contribution < -0.4 is 9.47 Å². The maximum absolute atomic E-state index is 9.15. The fraction of sp³-hybridized carbons (Fsp3) is 0.214. The van der Waals surface area contributed by atoms with E-state index >= 15 is 0 Å². The Morgan fingerprint density at radius 2 is 1.53 bits per heavy atom. The first-order chi connectivity index (χ1) is 9.12. The monoisotopic (exact) mass is 253 g/mol. The van der Waals surface area contributed by atoms with Crippen LogP contribution in [0.3, 0.4) is 0 Å². The van der Waals surface area contributed by atoms with Crippen LogP contribution in [-0.4, -0.2) is 14.2 Å². The highest BCUT2D eigenvalue weighted by atomic mass is 16.5. The van der Waals surface area contributed by atoms with Gasteiger partial charge in [0.15, 0.2) is 0 Å². The molecule has 1 rings (SSSR count). The third-order valence-electron chi connectivity index (χ3n) is 2.57. The third-order valence-corrected chi connectivity index (χ3v) is 2.57. The summed E-state index contributed by atoms with van der Waals surface area (Å²) in [4.78, 5) is 0. The number of nitriles is 3. The van der Waals surface area contributed by atoms with E-state index in [1.165, 1.54) is 14.2 Å². The Kier molecular flexibility index (Phi) is 4.52. The maximum Gasteiger partial charge on any atom is 0.148 e. The lowest BCUT2D eigenvalue weighted by Gasteiger charge is -2.12. The average Bonchev–Trinajstić information content (AvgIpc) is 2.44. The quantitative estimate of drug-likeness (QED) is 0.771. The lowest BCUT2D eigenvalue weighted by molar-refractivity contribution is 0.391. The zero-order chi connectivity index (χ0) is 14.4. The maximum atomic E-state index is 9.15. The van der Waals surface area contributed by atoms with Gasteiger partial charge in [-0.3, -0.25) is 0 Å². The molecule has 0 saturated heterocycles. The molecule has 0 bridgehead atoms. The Labute approximate surface area is 111 Å². The molecule has 1 aromatic carbocycles. The Balaban J connectivity index is 3.65. The highest BCUT2D eigenvalue weighted by Gasteiger charge is 2.16. The van der Waals surface area contributed by atoms with Crippen molar-refractivity contribution in [2.75, 3.05) is 14.2 Å². The molecule has 1 aromatic rings. The van der Waals surface area contributed by atoms with Crippen molar-refractivity contribution in [1.82, 2.24) is 0 Å². The lowest BCUT2D eigenvalue weighted by Crippen LogP contribution is -1.96. The highest BCUT2D eigenvalue weighted by Crippen LogP contribution is 2.33. The van der Waals surface area contributed by atoms with E-state index in [1.807, 2.05) is 6.07 Å². The number of aryl methyl sites for hydroxylation is 1. The fourth-order valence-electron chi connectivity index (χ4n) is 1.64. The standard InChI is InChI=1S/C14H11N3O2/c1-9-4-11(12(8-17)10(6-15)7-16)14(19-3)5-13(9)18-2/h4-5H,1-3H3. The second-order valence-electron chi connectivity index (χ2n) is 3.61. The van der Waals surface area contributed by atoms with Crippen molar-refractivity contribution in [2.24, 2.45) is 0 Å². The van der Waals surface area contributed by atoms with E-state index in [0.717, 1.165) is 5.56 Å². The fourth-order valence-corrected chi connectivity index (χ4v) is 1.64. The van der Waals surface area contributed by atoms with Crippen LogP contribution in [0.1, 0.15) is 11.1 Å². The second-order valence-corrected chi connectivity index (χ2v) is 3.61. The van der Waals surface area contributed by atoms with Crippen LogP contribution in [0.4, 0.5) is 0 Å². The number of hydrogen-bond acceptors (Lipinski definition) is 5. The summed E-state index contributed by atoms with van der Waals surface area (Å²) in [7, 11) is 2.97. The summed E-state index contributed by atoms with van der Waals surface area (Å²) in [5.74, 6) is 0.982. The predicted octanol–water partition coefficient (Wildman–Crippen LogP) is 2.34. The van der Waals surface area contributed by atoms with E-state index in [9.17, 15) is 0 Å². The molecule has 5 heteroatoms. The molecule has 0 unspecified atom stereocenters. The molecule has 0 aliphatic heterocycles. The molecular weight excluding hydrogens is 242 g/mol. The van der Waals surface area contributed by atoms with Crippen LogP contribution in [0.25, 0.3) is 5.57 Å². The van der Waals surface area contributed by atoms with Crippen molar-refractivity contribution in [3.63, 3.8) is 0 Å². The number of methoxy groups -OCH3 is 2. The van der Waals surface area contributed by atoms with Gasteiger partial charge < -0.3 is 9.47 Å². The van der Waals surface area contributed by atoms with Gasteiger partial charge in [-0.2, -0.15) is 15.8 Å². The number of rotatable bonds is 3. The van der Waals surface area contributed by atoms with Gasteiger partial charge in [-0.15, -0.1) is 0 Å². The topological polar surface area (TPSA) is 89.8 Å². The lowest BCUT2D eigenvalue weighted by atomic mass is 9.99. The van der Waals surface area contributed by atoms with Crippen LogP contribution in [-0.2, 0) is 0 Å². The molecule has 0 amide bonds. The van der Waals surface area contributed by atoms with Crippen molar-refractivity contribution >= 4 is 5.57 Å². The molecule has 0 aromatic heterocycles. The Morgan fingerprint density at radius 1 is 0.947 bits per heavy atom. The first-order valence-corrected chi connectivity index (χ1v) is 5.30. The SMILES string of the molecule is COc1cc(OC)c(C(C#N)=C(C#N)C#N)cc1C. The van der Waals surface area contributed by atoms with E-state index in [0.29, 0.717) is 17.1 Å². The van der Waals surface area contributed by atoms with E-state index in [2.05, 4.69) is 0 Å². The van der Waals surface area contributed by atoms with Gasteiger partial charge >= 0.3 is 0 Å². The Bertz CT molecular complexity index is 639. The molecule has 0 N–H and O–H groups in total. The van der Waals surface area contributed by atoms with Crippen molar-refractivity contribution in [2.45, 2.75) is 6.92 Å². The summed E-state index contributed by atoms with van der Waals surface area (Å²) in [5.41, 5.74) is 0.931. The molecule has 94 valence electrons. The number of nitrogens with zero attached hydrogens (tertiary/aromatic N) is 3. The summed E-state index contributed by atoms with van der Waals surface area (Å²) in [6.45, 7) is 1.80. The first kappa shape index (κ1) is 14.1. The number of ether oxygens (including phenoxy) is 2. The molecule has 0 fully saturated rings. The average molecular weight is 253 g/mol. The summed E-state index contributed by atoms with van der Waals surface area (Å²) in [5, 5.41) is 26.9. The Hall–Kier alpha value is -2.97. The third kappa shape index (κ3) is 2.65. The van der Waals surface area contributed by atoms with Gasteiger partial charge in [-0.1, -0.05) is 0 Å². The van der Waals surface area contributed by atoms with E-state index in [1.54, 1.807) is 31.2 Å². The zero-order valence-electron chi connectivity index (χ0n) is 10.8. The Morgan fingerprint density at radius 3 is 1.95 bits per heavy atom. The minimum atomic E-state index is -0.245. The van der Waals surface area contributed by atoms with Gasteiger partial charge in [0.2, 0.25) is 0 Å². The molecule has 0 radical (unpaired) electrons. The minimum Gasteiger partial charge on any atom is -0.496 e. The van der Waals surface area contributed by atoms with Gasteiger partial charge in [0.25, 0.3) is 0 Å². The van der Waals surface area contributed by atoms with Gasteiger partial charge in [-0.05, 0) is 18.6 Å². The van der Waals surface area contributed by atoms with Crippen molar-refractivity contribution < 1.29 is 9.47 Å². The molecule has 0 heterocycles. The molecule has 0 atom stereocenters. The van der Waals surface area contributed by atoms with Crippen molar-refractivity contribution in [1.29, 1.82) is 15.8 Å². The second kappa shape index (κ2) is 6.10. The van der Waals surface area contributed by atoms with Gasteiger partial charge in [0.1, 0.15) is 35.3 Å². The van der Waals surface area contributed by atoms with Crippen LogP contribution in [0, 0.1) is 40.9 Å². The molecule has 19 heavy (non-hydrogen) atoms. The summed E-state index contributed by atoms with van der Waals surface area (Å²) >= 11 is 0. The molecule has 0 spiro atoms. The highest BCUT2D eigenvalue weighted by molar-refractivity contribution is 5.87. The van der Waals surface area contributed by atoms with Crippen LogP contribution in [0.5, 0.6) is 11.5 Å². The molecule has 5 nitrogen and oxygen atoms in total.